The lowest BCUT2D eigenvalue weighted by atomic mass is 9.81. The molecule has 2 fully saturated rings. The van der Waals surface area contributed by atoms with Crippen LogP contribution in [0, 0.1) is 17.8 Å². The molecule has 1 aliphatic carbocycles. The standard InChI is InChI=1S/C15H28N2O2/c1-2-12-3-5-13(6-4-12)9-16-15(18)17-10-14-7-8-19-11-14/h12-14H,2-11H2,1H3,(H2,16,17,18). The van der Waals surface area contributed by atoms with Crippen LogP contribution in [0.3, 0.4) is 0 Å². The maximum atomic E-state index is 11.7. The smallest absolute Gasteiger partial charge is 0.314 e. The summed E-state index contributed by atoms with van der Waals surface area (Å²) in [5, 5.41) is 5.97. The second-order valence-corrected chi connectivity index (χ2v) is 6.12. The summed E-state index contributed by atoms with van der Waals surface area (Å²) in [6.07, 6.45) is 7.60. The van der Waals surface area contributed by atoms with Crippen molar-refractivity contribution in [3.63, 3.8) is 0 Å². The Kier molecular flexibility index (Phi) is 5.95. The zero-order valence-corrected chi connectivity index (χ0v) is 12.1. The van der Waals surface area contributed by atoms with Crippen molar-refractivity contribution in [2.45, 2.75) is 45.4 Å². The predicted octanol–water partition coefficient (Wildman–Crippen LogP) is 2.54. The Balaban J connectivity index is 1.53. The van der Waals surface area contributed by atoms with Crippen molar-refractivity contribution in [1.82, 2.24) is 10.6 Å². The van der Waals surface area contributed by atoms with E-state index in [9.17, 15) is 4.79 Å². The van der Waals surface area contributed by atoms with Gasteiger partial charge in [-0.25, -0.2) is 4.79 Å². The minimum Gasteiger partial charge on any atom is -0.381 e. The second-order valence-electron chi connectivity index (χ2n) is 6.12. The molecule has 0 spiro atoms. The van der Waals surface area contributed by atoms with E-state index in [1.54, 1.807) is 0 Å². The molecule has 1 aliphatic heterocycles. The lowest BCUT2D eigenvalue weighted by Gasteiger charge is -2.27. The van der Waals surface area contributed by atoms with Gasteiger partial charge in [-0.05, 0) is 31.1 Å². The molecular weight excluding hydrogens is 240 g/mol. The van der Waals surface area contributed by atoms with E-state index in [1.807, 2.05) is 0 Å². The molecule has 2 aliphatic rings. The van der Waals surface area contributed by atoms with E-state index < -0.39 is 0 Å². The summed E-state index contributed by atoms with van der Waals surface area (Å²) < 4.78 is 5.29. The zero-order valence-electron chi connectivity index (χ0n) is 12.1. The Morgan fingerprint density at radius 3 is 2.21 bits per heavy atom. The van der Waals surface area contributed by atoms with Crippen LogP contribution in [-0.2, 0) is 4.74 Å². The molecule has 0 aromatic rings. The maximum absolute atomic E-state index is 11.7. The molecule has 1 saturated heterocycles. The van der Waals surface area contributed by atoms with E-state index >= 15 is 0 Å². The van der Waals surface area contributed by atoms with E-state index in [0.29, 0.717) is 11.8 Å². The molecule has 19 heavy (non-hydrogen) atoms. The lowest BCUT2D eigenvalue weighted by molar-refractivity contribution is 0.185. The van der Waals surface area contributed by atoms with Crippen LogP contribution < -0.4 is 10.6 Å². The molecule has 1 unspecified atom stereocenters. The first-order valence-corrected chi connectivity index (χ1v) is 7.87. The summed E-state index contributed by atoms with van der Waals surface area (Å²) in [4.78, 5) is 11.7. The van der Waals surface area contributed by atoms with Crippen LogP contribution in [0.2, 0.25) is 0 Å². The van der Waals surface area contributed by atoms with Crippen LogP contribution in [-0.4, -0.2) is 32.3 Å². The normalized spacial score (nSPS) is 31.1. The zero-order chi connectivity index (χ0) is 13.5. The third-order valence-electron chi connectivity index (χ3n) is 4.67. The molecule has 1 atom stereocenters. The average Bonchev–Trinajstić information content (AvgIpc) is 2.96. The van der Waals surface area contributed by atoms with Gasteiger partial charge in [0.15, 0.2) is 0 Å². The third kappa shape index (κ3) is 5.01. The Morgan fingerprint density at radius 1 is 1.00 bits per heavy atom. The first-order valence-electron chi connectivity index (χ1n) is 7.87. The van der Waals surface area contributed by atoms with Crippen molar-refractivity contribution < 1.29 is 9.53 Å². The van der Waals surface area contributed by atoms with E-state index in [1.165, 1.54) is 32.1 Å². The molecule has 1 saturated carbocycles. The Labute approximate surface area is 116 Å². The van der Waals surface area contributed by atoms with Crippen molar-refractivity contribution in [3.8, 4) is 0 Å². The minimum atomic E-state index is -0.00971. The van der Waals surface area contributed by atoms with Crippen molar-refractivity contribution in [2.75, 3.05) is 26.3 Å². The van der Waals surface area contributed by atoms with E-state index in [0.717, 1.165) is 38.6 Å². The lowest BCUT2D eigenvalue weighted by Crippen LogP contribution is -2.41. The minimum absolute atomic E-state index is 0.00971. The highest BCUT2D eigenvalue weighted by Gasteiger charge is 2.20. The van der Waals surface area contributed by atoms with Gasteiger partial charge in [-0.1, -0.05) is 26.2 Å². The first kappa shape index (κ1) is 14.6. The van der Waals surface area contributed by atoms with Gasteiger partial charge >= 0.3 is 6.03 Å². The number of ether oxygens (including phenoxy) is 1. The highest BCUT2D eigenvalue weighted by Crippen LogP contribution is 2.29. The second kappa shape index (κ2) is 7.73. The molecule has 0 aromatic carbocycles. The van der Waals surface area contributed by atoms with E-state index in [4.69, 9.17) is 4.74 Å². The molecule has 2 amide bonds. The third-order valence-corrected chi connectivity index (χ3v) is 4.67. The molecule has 2 N–H and O–H groups in total. The number of hydrogen-bond donors (Lipinski definition) is 2. The van der Waals surface area contributed by atoms with E-state index in [2.05, 4.69) is 17.6 Å². The van der Waals surface area contributed by atoms with Crippen LogP contribution in [0.5, 0.6) is 0 Å². The summed E-state index contributed by atoms with van der Waals surface area (Å²) in [6, 6.07) is -0.00971. The summed E-state index contributed by atoms with van der Waals surface area (Å²) in [7, 11) is 0. The number of carbonyl (C=O) groups excluding carboxylic acids is 1. The predicted molar refractivity (Wildman–Crippen MR) is 76.1 cm³/mol. The fraction of sp³-hybridized carbons (Fsp3) is 0.933. The highest BCUT2D eigenvalue weighted by atomic mass is 16.5. The van der Waals surface area contributed by atoms with Crippen LogP contribution >= 0.6 is 0 Å². The van der Waals surface area contributed by atoms with Crippen molar-refractivity contribution in [2.24, 2.45) is 17.8 Å². The maximum Gasteiger partial charge on any atom is 0.314 e. The average molecular weight is 268 g/mol. The molecule has 2 rings (SSSR count). The monoisotopic (exact) mass is 268 g/mol. The van der Waals surface area contributed by atoms with Crippen molar-refractivity contribution in [1.29, 1.82) is 0 Å². The molecule has 0 aromatic heterocycles. The Morgan fingerprint density at radius 2 is 1.63 bits per heavy atom. The molecule has 1 heterocycles. The summed E-state index contributed by atoms with van der Waals surface area (Å²) >= 11 is 0. The fourth-order valence-corrected chi connectivity index (χ4v) is 3.12. The Bertz CT molecular complexity index is 269. The van der Waals surface area contributed by atoms with Gasteiger partial charge in [0.25, 0.3) is 0 Å². The summed E-state index contributed by atoms with van der Waals surface area (Å²) in [5.74, 6) is 2.11. The van der Waals surface area contributed by atoms with Gasteiger partial charge in [-0.2, -0.15) is 0 Å². The molecular formula is C15H28N2O2. The number of hydrogen-bond acceptors (Lipinski definition) is 2. The number of rotatable bonds is 5. The molecule has 0 bridgehead atoms. The van der Waals surface area contributed by atoms with Crippen LogP contribution in [0.15, 0.2) is 0 Å². The van der Waals surface area contributed by atoms with Gasteiger partial charge in [0.1, 0.15) is 0 Å². The Hall–Kier alpha value is -0.770. The first-order chi connectivity index (χ1) is 9.28. The van der Waals surface area contributed by atoms with Gasteiger partial charge in [-0.15, -0.1) is 0 Å². The fourth-order valence-electron chi connectivity index (χ4n) is 3.12. The summed E-state index contributed by atoms with van der Waals surface area (Å²) in [6.45, 7) is 5.50. The van der Waals surface area contributed by atoms with Gasteiger partial charge < -0.3 is 15.4 Å². The van der Waals surface area contributed by atoms with Gasteiger partial charge in [-0.3, -0.25) is 0 Å². The molecule has 4 nitrogen and oxygen atoms in total. The van der Waals surface area contributed by atoms with Gasteiger partial charge in [0.05, 0.1) is 6.61 Å². The van der Waals surface area contributed by atoms with Crippen molar-refractivity contribution >= 4 is 6.03 Å². The number of urea groups is 1. The molecule has 0 radical (unpaired) electrons. The topological polar surface area (TPSA) is 50.4 Å². The van der Waals surface area contributed by atoms with Crippen LogP contribution in [0.25, 0.3) is 0 Å². The quantitative estimate of drug-likeness (QED) is 0.805. The number of carbonyl (C=O) groups is 1. The van der Waals surface area contributed by atoms with Gasteiger partial charge in [0.2, 0.25) is 0 Å². The highest BCUT2D eigenvalue weighted by molar-refractivity contribution is 5.73. The van der Waals surface area contributed by atoms with Crippen molar-refractivity contribution in [3.05, 3.63) is 0 Å². The molecule has 110 valence electrons. The molecule has 4 heteroatoms. The largest absolute Gasteiger partial charge is 0.381 e. The SMILES string of the molecule is CCC1CCC(CNC(=O)NCC2CCOC2)CC1. The van der Waals surface area contributed by atoms with Crippen LogP contribution in [0.4, 0.5) is 4.79 Å². The number of nitrogens with one attached hydrogen (secondary N) is 2. The van der Waals surface area contributed by atoms with Crippen LogP contribution in [0.1, 0.15) is 45.4 Å². The van der Waals surface area contributed by atoms with E-state index in [-0.39, 0.29) is 6.03 Å². The van der Waals surface area contributed by atoms with Gasteiger partial charge in [0, 0.05) is 25.6 Å². The summed E-state index contributed by atoms with van der Waals surface area (Å²) in [5.41, 5.74) is 0. The number of amides is 2.